The van der Waals surface area contributed by atoms with Crippen LogP contribution in [0.4, 0.5) is 0 Å². The number of carboxylic acid groups (broad SMARTS) is 1. The van der Waals surface area contributed by atoms with E-state index >= 15 is 0 Å². The molecular formula is C13H16NO2. The van der Waals surface area contributed by atoms with E-state index in [0.29, 0.717) is 13.1 Å². The predicted octanol–water partition coefficient (Wildman–Crippen LogP) is 1.62. The first-order chi connectivity index (χ1) is 7.58. The number of likely N-dealkylation sites (tertiary alicyclic amines) is 1. The van der Waals surface area contributed by atoms with Crippen molar-refractivity contribution in [3.8, 4) is 0 Å². The number of rotatable bonds is 3. The molecule has 0 amide bonds. The molecule has 0 spiro atoms. The Balaban J connectivity index is 1.99. The molecule has 16 heavy (non-hydrogen) atoms. The molecule has 3 nitrogen and oxygen atoms in total. The molecule has 1 radical (unpaired) electrons. The lowest BCUT2D eigenvalue weighted by Gasteiger charge is -2.37. The maximum atomic E-state index is 10.7. The molecule has 0 unspecified atom stereocenters. The largest absolute Gasteiger partial charge is 0.481 e. The molecule has 1 fully saturated rings. The van der Waals surface area contributed by atoms with Crippen molar-refractivity contribution >= 4 is 5.97 Å². The number of carboxylic acids is 1. The van der Waals surface area contributed by atoms with Gasteiger partial charge in [-0.15, -0.1) is 0 Å². The Kier molecular flexibility index (Phi) is 2.97. The van der Waals surface area contributed by atoms with Crippen molar-refractivity contribution in [2.75, 3.05) is 13.1 Å². The molecule has 0 atom stereocenters. The second-order valence-corrected chi connectivity index (χ2v) is 4.53. The first-order valence-electron chi connectivity index (χ1n) is 5.49. The first kappa shape index (κ1) is 11.1. The van der Waals surface area contributed by atoms with Gasteiger partial charge >= 0.3 is 5.97 Å². The van der Waals surface area contributed by atoms with Crippen LogP contribution in [0.3, 0.4) is 0 Å². The van der Waals surface area contributed by atoms with Crippen molar-refractivity contribution < 1.29 is 9.90 Å². The van der Waals surface area contributed by atoms with Crippen LogP contribution >= 0.6 is 0 Å². The monoisotopic (exact) mass is 218 g/mol. The van der Waals surface area contributed by atoms with Crippen molar-refractivity contribution in [3.05, 3.63) is 34.9 Å². The average Bonchev–Trinajstić information content (AvgIpc) is 2.13. The highest BCUT2D eigenvalue weighted by Gasteiger charge is 2.32. The van der Waals surface area contributed by atoms with Gasteiger partial charge in [0.25, 0.3) is 0 Å². The number of aryl methyl sites for hydroxylation is 2. The summed E-state index contributed by atoms with van der Waals surface area (Å²) in [5.74, 6) is -0.845. The lowest BCUT2D eigenvalue weighted by atomic mass is 9.96. The minimum absolute atomic E-state index is 0.170. The zero-order valence-corrected chi connectivity index (χ0v) is 9.66. The summed E-state index contributed by atoms with van der Waals surface area (Å²) in [5, 5.41) is 8.79. The van der Waals surface area contributed by atoms with Crippen molar-refractivity contribution in [2.45, 2.75) is 20.4 Å². The second kappa shape index (κ2) is 4.26. The van der Waals surface area contributed by atoms with Gasteiger partial charge in [-0.1, -0.05) is 12.1 Å². The first-order valence-corrected chi connectivity index (χ1v) is 5.49. The van der Waals surface area contributed by atoms with E-state index in [0.717, 1.165) is 6.54 Å². The summed E-state index contributed by atoms with van der Waals surface area (Å²) in [5.41, 5.74) is 3.78. The number of nitrogens with zero attached hydrogens (tertiary/aromatic N) is 1. The van der Waals surface area contributed by atoms with Crippen molar-refractivity contribution in [2.24, 2.45) is 5.92 Å². The van der Waals surface area contributed by atoms with Crippen molar-refractivity contribution in [3.63, 3.8) is 0 Å². The van der Waals surface area contributed by atoms with Gasteiger partial charge in [-0.05, 0) is 36.6 Å². The van der Waals surface area contributed by atoms with Crippen LogP contribution in [0.2, 0.25) is 0 Å². The molecule has 0 aromatic heterocycles. The molecule has 1 heterocycles. The summed E-state index contributed by atoms with van der Waals surface area (Å²) in [6, 6.07) is 7.06. The maximum Gasteiger partial charge on any atom is 0.309 e. The van der Waals surface area contributed by atoms with Gasteiger partial charge in [0.1, 0.15) is 0 Å². The van der Waals surface area contributed by atoms with Crippen LogP contribution in [0.1, 0.15) is 16.7 Å². The van der Waals surface area contributed by atoms with Gasteiger partial charge in [-0.25, -0.2) is 0 Å². The van der Waals surface area contributed by atoms with Crippen LogP contribution in [0, 0.1) is 25.8 Å². The van der Waals surface area contributed by atoms with Crippen LogP contribution in [-0.2, 0) is 11.3 Å². The standard InChI is InChI=1S/C13H16NO2/c1-9-4-3-5-10(2)12(9)8-14-6-11(7-14)13(15)16/h4-5,11H,6-8H2,1-2H3,(H,15,16). The average molecular weight is 218 g/mol. The third kappa shape index (κ3) is 2.09. The fourth-order valence-electron chi connectivity index (χ4n) is 2.11. The minimum Gasteiger partial charge on any atom is -0.481 e. The molecule has 0 saturated carbocycles. The van der Waals surface area contributed by atoms with Crippen LogP contribution in [0.15, 0.2) is 12.1 Å². The summed E-state index contributed by atoms with van der Waals surface area (Å²) in [6.45, 7) is 6.36. The van der Waals surface area contributed by atoms with Crippen molar-refractivity contribution in [1.82, 2.24) is 4.90 Å². The van der Waals surface area contributed by atoms with Crippen LogP contribution in [-0.4, -0.2) is 29.1 Å². The van der Waals surface area contributed by atoms with Gasteiger partial charge in [-0.3, -0.25) is 9.69 Å². The molecule has 0 aliphatic carbocycles. The highest BCUT2D eigenvalue weighted by Crippen LogP contribution is 2.22. The van der Waals surface area contributed by atoms with Gasteiger partial charge in [0.2, 0.25) is 0 Å². The van der Waals surface area contributed by atoms with Gasteiger partial charge in [0, 0.05) is 19.6 Å². The minimum atomic E-state index is -0.675. The van der Waals surface area contributed by atoms with Gasteiger partial charge in [0.05, 0.1) is 5.92 Å². The third-order valence-electron chi connectivity index (χ3n) is 3.24. The number of aliphatic carboxylic acids is 1. The zero-order valence-electron chi connectivity index (χ0n) is 9.66. The van der Waals surface area contributed by atoms with E-state index in [1.54, 1.807) is 0 Å². The molecule has 1 aliphatic heterocycles. The molecule has 1 N–H and O–H groups in total. The topological polar surface area (TPSA) is 40.5 Å². The van der Waals surface area contributed by atoms with E-state index in [4.69, 9.17) is 5.11 Å². The second-order valence-electron chi connectivity index (χ2n) is 4.53. The quantitative estimate of drug-likeness (QED) is 0.838. The fraction of sp³-hybridized carbons (Fsp3) is 0.462. The Morgan fingerprint density at radius 3 is 2.50 bits per heavy atom. The number of hydrogen-bond donors (Lipinski definition) is 1. The Hall–Kier alpha value is -1.35. The van der Waals surface area contributed by atoms with E-state index in [-0.39, 0.29) is 5.92 Å². The van der Waals surface area contributed by atoms with E-state index in [9.17, 15) is 4.79 Å². The lowest BCUT2D eigenvalue weighted by Crippen LogP contribution is -2.49. The normalized spacial score (nSPS) is 17.1. The number of carbonyl (C=O) groups is 1. The van der Waals surface area contributed by atoms with Gasteiger partial charge in [0.15, 0.2) is 0 Å². The van der Waals surface area contributed by atoms with Crippen LogP contribution in [0.5, 0.6) is 0 Å². The lowest BCUT2D eigenvalue weighted by molar-refractivity contribution is -0.147. The Morgan fingerprint density at radius 1 is 1.44 bits per heavy atom. The Labute approximate surface area is 95.7 Å². The summed E-state index contributed by atoms with van der Waals surface area (Å²) in [6.07, 6.45) is 0. The smallest absolute Gasteiger partial charge is 0.309 e. The molecule has 1 saturated heterocycles. The Bertz CT molecular complexity index is 388. The summed E-state index contributed by atoms with van der Waals surface area (Å²) < 4.78 is 0. The SMILES string of the molecule is Cc1c[c]cc(C)c1CN1CC(C(=O)O)C1. The third-order valence-corrected chi connectivity index (χ3v) is 3.24. The number of hydrogen-bond acceptors (Lipinski definition) is 2. The maximum absolute atomic E-state index is 10.7. The zero-order chi connectivity index (χ0) is 11.7. The summed E-state index contributed by atoms with van der Waals surface area (Å²) >= 11 is 0. The predicted molar refractivity (Wildman–Crippen MR) is 61.2 cm³/mol. The Morgan fingerprint density at radius 2 is 2.00 bits per heavy atom. The highest BCUT2D eigenvalue weighted by molar-refractivity contribution is 5.71. The van der Waals surface area contributed by atoms with Crippen LogP contribution < -0.4 is 0 Å². The molecule has 1 aliphatic rings. The van der Waals surface area contributed by atoms with E-state index in [2.05, 4.69) is 24.8 Å². The molecule has 1 aromatic carbocycles. The number of benzene rings is 1. The van der Waals surface area contributed by atoms with Gasteiger partial charge in [-0.2, -0.15) is 0 Å². The molecule has 1 aromatic rings. The van der Waals surface area contributed by atoms with E-state index in [1.807, 2.05) is 12.1 Å². The van der Waals surface area contributed by atoms with Crippen molar-refractivity contribution in [1.29, 1.82) is 0 Å². The van der Waals surface area contributed by atoms with Crippen LogP contribution in [0.25, 0.3) is 0 Å². The molecule has 3 heteroatoms. The molecule has 2 rings (SSSR count). The molecule has 0 bridgehead atoms. The highest BCUT2D eigenvalue weighted by atomic mass is 16.4. The van der Waals surface area contributed by atoms with E-state index < -0.39 is 5.97 Å². The fourth-order valence-corrected chi connectivity index (χ4v) is 2.11. The van der Waals surface area contributed by atoms with E-state index in [1.165, 1.54) is 16.7 Å². The van der Waals surface area contributed by atoms with Gasteiger partial charge < -0.3 is 5.11 Å². The summed E-state index contributed by atoms with van der Waals surface area (Å²) in [7, 11) is 0. The summed E-state index contributed by atoms with van der Waals surface area (Å²) in [4.78, 5) is 12.9. The molecule has 85 valence electrons. The molecular weight excluding hydrogens is 202 g/mol.